The van der Waals surface area contributed by atoms with Gasteiger partial charge in [0.05, 0.1) is 10.3 Å². The molecule has 3 fully saturated rings. The van der Waals surface area contributed by atoms with E-state index in [0.29, 0.717) is 23.4 Å². The van der Waals surface area contributed by atoms with Crippen molar-refractivity contribution in [2.45, 2.75) is 23.8 Å². The van der Waals surface area contributed by atoms with Gasteiger partial charge in [0, 0.05) is 24.9 Å². The van der Waals surface area contributed by atoms with Gasteiger partial charge in [0.15, 0.2) is 21.2 Å². The maximum atomic E-state index is 11.6. The SMILES string of the molecule is CS(=O)(=O)c1ccc2c(NC3CN4CCC3CC4)noc2c1.Cl. The average molecular weight is 358 g/mol. The van der Waals surface area contributed by atoms with E-state index in [1.54, 1.807) is 18.2 Å². The standard InChI is InChI=1S/C15H19N3O3S.ClH/c1-22(19,20)11-2-3-12-14(8-11)21-17-15(12)16-13-9-18-6-4-10(13)5-7-18;/h2-3,8,10,13H,4-7,9H2,1H3,(H,16,17);1H. The summed E-state index contributed by atoms with van der Waals surface area (Å²) in [4.78, 5) is 2.73. The number of hydrogen-bond acceptors (Lipinski definition) is 6. The van der Waals surface area contributed by atoms with Crippen molar-refractivity contribution in [3.8, 4) is 0 Å². The Labute approximate surface area is 141 Å². The van der Waals surface area contributed by atoms with Crippen LogP contribution in [0.4, 0.5) is 5.82 Å². The minimum absolute atomic E-state index is 0. The topological polar surface area (TPSA) is 75.4 Å². The van der Waals surface area contributed by atoms with E-state index < -0.39 is 9.84 Å². The predicted molar refractivity (Wildman–Crippen MR) is 90.9 cm³/mol. The van der Waals surface area contributed by atoms with Gasteiger partial charge in [0.1, 0.15) is 0 Å². The zero-order valence-corrected chi connectivity index (χ0v) is 14.5. The van der Waals surface area contributed by atoms with Crippen LogP contribution in [0.2, 0.25) is 0 Å². The van der Waals surface area contributed by atoms with Crippen LogP contribution in [0.1, 0.15) is 12.8 Å². The van der Waals surface area contributed by atoms with Crippen LogP contribution in [0.15, 0.2) is 27.6 Å². The van der Waals surface area contributed by atoms with E-state index in [0.717, 1.165) is 11.9 Å². The van der Waals surface area contributed by atoms with E-state index in [1.807, 2.05) is 0 Å². The first-order chi connectivity index (χ1) is 10.5. The van der Waals surface area contributed by atoms with E-state index in [9.17, 15) is 8.42 Å². The first-order valence-corrected chi connectivity index (χ1v) is 9.48. The van der Waals surface area contributed by atoms with Gasteiger partial charge in [-0.3, -0.25) is 0 Å². The molecule has 1 N–H and O–H groups in total. The van der Waals surface area contributed by atoms with E-state index in [4.69, 9.17) is 4.52 Å². The van der Waals surface area contributed by atoms with E-state index >= 15 is 0 Å². The van der Waals surface area contributed by atoms with Crippen molar-refractivity contribution in [3.05, 3.63) is 18.2 Å². The van der Waals surface area contributed by atoms with Crippen molar-refractivity contribution in [3.63, 3.8) is 0 Å². The van der Waals surface area contributed by atoms with Crippen LogP contribution >= 0.6 is 12.4 Å². The van der Waals surface area contributed by atoms with Crippen molar-refractivity contribution in [2.24, 2.45) is 5.92 Å². The molecule has 0 spiro atoms. The third kappa shape index (κ3) is 3.05. The minimum Gasteiger partial charge on any atom is -0.362 e. The van der Waals surface area contributed by atoms with Gasteiger partial charge in [-0.15, -0.1) is 12.4 Å². The maximum Gasteiger partial charge on any atom is 0.177 e. The fourth-order valence-electron chi connectivity index (χ4n) is 3.56. The molecule has 0 aliphatic carbocycles. The number of fused-ring (bicyclic) bond motifs is 4. The van der Waals surface area contributed by atoms with Gasteiger partial charge in [-0.25, -0.2) is 8.42 Å². The van der Waals surface area contributed by atoms with Crippen molar-refractivity contribution in [1.29, 1.82) is 0 Å². The highest BCUT2D eigenvalue weighted by Gasteiger charge is 2.34. The summed E-state index contributed by atoms with van der Waals surface area (Å²) in [6.07, 6.45) is 3.65. The molecule has 1 aromatic heterocycles. The number of benzene rings is 1. The van der Waals surface area contributed by atoms with Crippen molar-refractivity contribution < 1.29 is 12.9 Å². The molecule has 0 radical (unpaired) electrons. The summed E-state index contributed by atoms with van der Waals surface area (Å²) >= 11 is 0. The van der Waals surface area contributed by atoms with E-state index in [2.05, 4.69) is 15.4 Å². The lowest BCUT2D eigenvalue weighted by molar-refractivity contribution is 0.0973. The van der Waals surface area contributed by atoms with Gasteiger partial charge < -0.3 is 14.7 Å². The maximum absolute atomic E-state index is 11.6. The molecule has 8 heteroatoms. The second kappa shape index (κ2) is 5.96. The number of nitrogens with one attached hydrogen (secondary N) is 1. The highest BCUT2D eigenvalue weighted by Crippen LogP contribution is 2.32. The van der Waals surface area contributed by atoms with Crippen LogP contribution in [-0.4, -0.2) is 50.4 Å². The molecule has 0 saturated carbocycles. The van der Waals surface area contributed by atoms with Gasteiger partial charge in [-0.05, 0) is 44.0 Å². The molecule has 23 heavy (non-hydrogen) atoms. The Morgan fingerprint density at radius 2 is 2.04 bits per heavy atom. The Morgan fingerprint density at radius 1 is 1.30 bits per heavy atom. The van der Waals surface area contributed by atoms with Crippen LogP contribution < -0.4 is 5.32 Å². The number of halogens is 1. The Bertz CT molecular complexity index is 812. The first kappa shape index (κ1) is 16.5. The van der Waals surface area contributed by atoms with Gasteiger partial charge >= 0.3 is 0 Å². The number of piperidine rings is 3. The number of sulfone groups is 1. The lowest BCUT2D eigenvalue weighted by atomic mass is 9.84. The van der Waals surface area contributed by atoms with Crippen molar-refractivity contribution in [1.82, 2.24) is 10.1 Å². The summed E-state index contributed by atoms with van der Waals surface area (Å²) in [6, 6.07) is 5.31. The molecular formula is C15H20ClN3O3S. The van der Waals surface area contributed by atoms with Gasteiger partial charge in [0.2, 0.25) is 0 Å². The summed E-state index contributed by atoms with van der Waals surface area (Å²) in [5.74, 6) is 1.40. The lowest BCUT2D eigenvalue weighted by Gasteiger charge is -2.44. The van der Waals surface area contributed by atoms with Gasteiger partial charge in [0.25, 0.3) is 0 Å². The summed E-state index contributed by atoms with van der Waals surface area (Å²) < 4.78 is 28.5. The molecule has 3 saturated heterocycles. The molecule has 1 atom stereocenters. The molecule has 1 unspecified atom stereocenters. The number of hydrogen-bond donors (Lipinski definition) is 1. The zero-order valence-electron chi connectivity index (χ0n) is 12.9. The molecule has 0 amide bonds. The molecule has 5 rings (SSSR count). The summed E-state index contributed by atoms with van der Waals surface area (Å²) in [6.45, 7) is 3.43. The van der Waals surface area contributed by atoms with Crippen LogP contribution in [0.25, 0.3) is 11.0 Å². The Morgan fingerprint density at radius 3 is 2.65 bits per heavy atom. The Hall–Kier alpha value is -1.31. The molecule has 2 bridgehead atoms. The highest BCUT2D eigenvalue weighted by molar-refractivity contribution is 7.90. The second-order valence-corrected chi connectivity index (χ2v) is 8.37. The molecular weight excluding hydrogens is 338 g/mol. The molecule has 3 aliphatic heterocycles. The lowest BCUT2D eigenvalue weighted by Crippen LogP contribution is -2.53. The summed E-state index contributed by atoms with van der Waals surface area (Å²) in [7, 11) is -3.23. The van der Waals surface area contributed by atoms with Crippen molar-refractivity contribution >= 4 is 39.0 Å². The van der Waals surface area contributed by atoms with Crippen LogP contribution in [0.5, 0.6) is 0 Å². The largest absolute Gasteiger partial charge is 0.362 e. The van der Waals surface area contributed by atoms with E-state index in [1.165, 1.54) is 32.2 Å². The fourth-order valence-corrected chi connectivity index (χ4v) is 4.19. The fraction of sp³-hybridized carbons (Fsp3) is 0.533. The Kier molecular flexibility index (Phi) is 4.29. The second-order valence-electron chi connectivity index (χ2n) is 6.35. The molecule has 126 valence electrons. The number of aromatic nitrogens is 1. The molecule has 1 aromatic carbocycles. The monoisotopic (exact) mass is 357 g/mol. The predicted octanol–water partition coefficient (Wildman–Crippen LogP) is 2.16. The molecule has 4 heterocycles. The summed E-state index contributed by atoms with van der Waals surface area (Å²) in [5, 5.41) is 8.43. The molecule has 2 aromatic rings. The third-order valence-electron chi connectivity index (χ3n) is 4.85. The quantitative estimate of drug-likeness (QED) is 0.907. The van der Waals surface area contributed by atoms with Crippen molar-refractivity contribution in [2.75, 3.05) is 31.2 Å². The normalized spacial score (nSPS) is 26.9. The number of nitrogens with zero attached hydrogens (tertiary/aromatic N) is 2. The zero-order chi connectivity index (χ0) is 15.3. The molecule has 3 aliphatic rings. The first-order valence-electron chi connectivity index (χ1n) is 7.59. The smallest absolute Gasteiger partial charge is 0.177 e. The van der Waals surface area contributed by atoms with Crippen LogP contribution in [0.3, 0.4) is 0 Å². The number of rotatable bonds is 3. The van der Waals surface area contributed by atoms with Gasteiger partial charge in [-0.1, -0.05) is 5.16 Å². The van der Waals surface area contributed by atoms with Crippen LogP contribution in [-0.2, 0) is 9.84 Å². The van der Waals surface area contributed by atoms with Gasteiger partial charge in [-0.2, -0.15) is 0 Å². The summed E-state index contributed by atoms with van der Waals surface area (Å²) in [5.41, 5.74) is 0.506. The van der Waals surface area contributed by atoms with E-state index in [-0.39, 0.29) is 17.3 Å². The minimum atomic E-state index is -3.23. The molecule has 6 nitrogen and oxygen atoms in total. The highest BCUT2D eigenvalue weighted by atomic mass is 35.5. The average Bonchev–Trinajstić information content (AvgIpc) is 2.90. The van der Waals surface area contributed by atoms with Crippen LogP contribution in [0, 0.1) is 5.92 Å². The Balaban J connectivity index is 0.00000156. The third-order valence-corrected chi connectivity index (χ3v) is 5.96. The number of anilines is 1.